The highest BCUT2D eigenvalue weighted by molar-refractivity contribution is 5.94. The number of rotatable bonds is 11. The molecule has 0 unspecified atom stereocenters. The number of benzene rings is 2. The zero-order valence-corrected chi connectivity index (χ0v) is 16.1. The molecule has 4 heteroatoms. The van der Waals surface area contributed by atoms with Gasteiger partial charge in [-0.25, -0.2) is 0 Å². The summed E-state index contributed by atoms with van der Waals surface area (Å²) in [5.41, 5.74) is 1.66. The summed E-state index contributed by atoms with van der Waals surface area (Å²) in [5, 5.41) is 8.90. The maximum absolute atomic E-state index is 12.9. The number of ether oxygens (including phenoxy) is 1. The Morgan fingerprint density at radius 2 is 1.78 bits per heavy atom. The maximum atomic E-state index is 12.9. The van der Waals surface area contributed by atoms with Gasteiger partial charge in [0.05, 0.1) is 19.1 Å². The topological polar surface area (TPSA) is 53.3 Å². The molecule has 27 heavy (non-hydrogen) atoms. The van der Waals surface area contributed by atoms with E-state index in [1.54, 1.807) is 17.0 Å². The second-order valence-electron chi connectivity index (χ2n) is 6.55. The summed E-state index contributed by atoms with van der Waals surface area (Å²) in [4.78, 5) is 14.6. The molecule has 142 valence electrons. The van der Waals surface area contributed by atoms with E-state index in [9.17, 15) is 4.79 Å². The monoisotopic (exact) mass is 364 g/mol. The van der Waals surface area contributed by atoms with Crippen molar-refractivity contribution in [2.75, 3.05) is 13.2 Å². The van der Waals surface area contributed by atoms with Gasteiger partial charge < -0.3 is 9.64 Å². The highest BCUT2D eigenvalue weighted by Crippen LogP contribution is 2.16. The Labute approximate surface area is 162 Å². The Balaban J connectivity index is 1.96. The first-order valence-corrected chi connectivity index (χ1v) is 9.67. The van der Waals surface area contributed by atoms with Gasteiger partial charge in [0.25, 0.3) is 5.91 Å². The zero-order chi connectivity index (χ0) is 19.3. The average Bonchev–Trinajstić information content (AvgIpc) is 2.71. The Kier molecular flexibility index (Phi) is 8.92. The predicted molar refractivity (Wildman–Crippen MR) is 107 cm³/mol. The third kappa shape index (κ3) is 7.15. The van der Waals surface area contributed by atoms with Gasteiger partial charge in [-0.15, -0.1) is 0 Å². The number of unbranched alkanes of at least 4 members (excludes halogenated alkanes) is 3. The van der Waals surface area contributed by atoms with E-state index in [1.807, 2.05) is 42.5 Å². The van der Waals surface area contributed by atoms with Crippen LogP contribution in [0, 0.1) is 11.3 Å². The van der Waals surface area contributed by atoms with Crippen LogP contribution in [-0.2, 0) is 6.54 Å². The quantitative estimate of drug-likeness (QED) is 0.515. The smallest absolute Gasteiger partial charge is 0.254 e. The Morgan fingerprint density at radius 3 is 2.44 bits per heavy atom. The number of amides is 1. The minimum Gasteiger partial charge on any atom is -0.494 e. The lowest BCUT2D eigenvalue weighted by atomic mass is 10.1. The van der Waals surface area contributed by atoms with E-state index in [2.05, 4.69) is 13.0 Å². The lowest BCUT2D eigenvalue weighted by Crippen LogP contribution is -2.31. The molecule has 2 aromatic rings. The molecule has 0 atom stereocenters. The molecule has 0 fully saturated rings. The summed E-state index contributed by atoms with van der Waals surface area (Å²) in [6.07, 6.45) is 4.99. The first-order valence-electron chi connectivity index (χ1n) is 9.67. The lowest BCUT2D eigenvalue weighted by molar-refractivity contribution is 0.0747. The van der Waals surface area contributed by atoms with Gasteiger partial charge in [-0.3, -0.25) is 4.79 Å². The largest absolute Gasteiger partial charge is 0.494 e. The first-order chi connectivity index (χ1) is 13.2. The van der Waals surface area contributed by atoms with E-state index < -0.39 is 0 Å². The molecule has 0 saturated carbocycles. The fourth-order valence-electron chi connectivity index (χ4n) is 2.84. The molecule has 0 spiro atoms. The van der Waals surface area contributed by atoms with Crippen LogP contribution < -0.4 is 4.74 Å². The van der Waals surface area contributed by atoms with Gasteiger partial charge in [-0.05, 0) is 36.2 Å². The SMILES string of the molecule is CCCCCCOc1ccc(C(=O)N(CCC#N)Cc2ccccc2)cc1. The second kappa shape index (κ2) is 11.7. The number of carbonyl (C=O) groups is 1. The molecule has 0 aliphatic heterocycles. The molecule has 0 radical (unpaired) electrons. The van der Waals surface area contributed by atoms with Gasteiger partial charge in [-0.2, -0.15) is 5.26 Å². The number of carbonyl (C=O) groups excluding carboxylic acids is 1. The van der Waals surface area contributed by atoms with Crippen LogP contribution >= 0.6 is 0 Å². The molecule has 0 aliphatic rings. The Morgan fingerprint density at radius 1 is 1.04 bits per heavy atom. The molecular weight excluding hydrogens is 336 g/mol. The van der Waals surface area contributed by atoms with Crippen molar-refractivity contribution in [2.24, 2.45) is 0 Å². The number of nitriles is 1. The van der Waals surface area contributed by atoms with Crippen molar-refractivity contribution in [2.45, 2.75) is 45.6 Å². The van der Waals surface area contributed by atoms with E-state index in [0.29, 0.717) is 31.7 Å². The molecule has 0 aromatic heterocycles. The summed E-state index contributed by atoms with van der Waals surface area (Å²) >= 11 is 0. The molecule has 0 heterocycles. The normalized spacial score (nSPS) is 10.2. The van der Waals surface area contributed by atoms with Crippen molar-refractivity contribution in [3.8, 4) is 11.8 Å². The van der Waals surface area contributed by atoms with Gasteiger partial charge in [0, 0.05) is 18.7 Å². The molecule has 0 saturated heterocycles. The van der Waals surface area contributed by atoms with Gasteiger partial charge in [-0.1, -0.05) is 56.5 Å². The molecule has 0 N–H and O–H groups in total. The van der Waals surface area contributed by atoms with Crippen molar-refractivity contribution < 1.29 is 9.53 Å². The van der Waals surface area contributed by atoms with Gasteiger partial charge in [0.1, 0.15) is 5.75 Å². The standard InChI is InChI=1S/C23H28N2O2/c1-2-3-4-8-18-27-22-14-12-21(13-15-22)23(26)25(17-9-16-24)19-20-10-6-5-7-11-20/h5-7,10-15H,2-4,8-9,17-19H2,1H3. The summed E-state index contributed by atoms with van der Waals surface area (Å²) in [6.45, 7) is 3.81. The summed E-state index contributed by atoms with van der Waals surface area (Å²) in [7, 11) is 0. The lowest BCUT2D eigenvalue weighted by Gasteiger charge is -2.22. The van der Waals surface area contributed by atoms with Crippen molar-refractivity contribution >= 4 is 5.91 Å². The maximum Gasteiger partial charge on any atom is 0.254 e. The fourth-order valence-corrected chi connectivity index (χ4v) is 2.84. The van der Waals surface area contributed by atoms with Crippen molar-refractivity contribution in [1.29, 1.82) is 5.26 Å². The minimum atomic E-state index is -0.0661. The average molecular weight is 364 g/mol. The van der Waals surface area contributed by atoms with E-state index in [1.165, 1.54) is 19.3 Å². The predicted octanol–water partition coefficient (Wildman–Crippen LogP) is 5.20. The molecule has 2 aromatic carbocycles. The van der Waals surface area contributed by atoms with Crippen LogP contribution in [0.3, 0.4) is 0 Å². The fraction of sp³-hybridized carbons (Fsp3) is 0.391. The van der Waals surface area contributed by atoms with Crippen molar-refractivity contribution in [3.05, 3.63) is 65.7 Å². The highest BCUT2D eigenvalue weighted by atomic mass is 16.5. The van der Waals surface area contributed by atoms with E-state index in [4.69, 9.17) is 10.00 Å². The Bertz CT molecular complexity index is 720. The van der Waals surface area contributed by atoms with Crippen LogP contribution in [-0.4, -0.2) is 24.0 Å². The third-order valence-electron chi connectivity index (χ3n) is 4.36. The van der Waals surface area contributed by atoms with Crippen LogP contribution in [0.1, 0.15) is 54.9 Å². The van der Waals surface area contributed by atoms with Crippen LogP contribution in [0.4, 0.5) is 0 Å². The second-order valence-corrected chi connectivity index (χ2v) is 6.55. The van der Waals surface area contributed by atoms with Crippen molar-refractivity contribution in [3.63, 3.8) is 0 Å². The Hall–Kier alpha value is -2.80. The van der Waals surface area contributed by atoms with Crippen LogP contribution in [0.15, 0.2) is 54.6 Å². The van der Waals surface area contributed by atoms with E-state index in [-0.39, 0.29) is 5.91 Å². The van der Waals surface area contributed by atoms with Gasteiger partial charge in [0.15, 0.2) is 0 Å². The summed E-state index contributed by atoms with van der Waals surface area (Å²) < 4.78 is 5.74. The van der Waals surface area contributed by atoms with Gasteiger partial charge >= 0.3 is 0 Å². The third-order valence-corrected chi connectivity index (χ3v) is 4.36. The number of hydrogen-bond acceptors (Lipinski definition) is 3. The molecule has 4 nitrogen and oxygen atoms in total. The highest BCUT2D eigenvalue weighted by Gasteiger charge is 2.16. The number of nitrogens with zero attached hydrogens (tertiary/aromatic N) is 2. The van der Waals surface area contributed by atoms with Crippen LogP contribution in [0.5, 0.6) is 5.75 Å². The minimum absolute atomic E-state index is 0.0661. The van der Waals surface area contributed by atoms with Crippen LogP contribution in [0.25, 0.3) is 0 Å². The summed E-state index contributed by atoms with van der Waals surface area (Å²) in [6, 6.07) is 19.2. The first kappa shape index (κ1) is 20.5. The summed E-state index contributed by atoms with van der Waals surface area (Å²) in [5.74, 6) is 0.721. The molecule has 0 bridgehead atoms. The molecule has 1 amide bonds. The van der Waals surface area contributed by atoms with E-state index >= 15 is 0 Å². The zero-order valence-electron chi connectivity index (χ0n) is 16.1. The molecule has 2 rings (SSSR count). The molecule has 0 aliphatic carbocycles. The van der Waals surface area contributed by atoms with E-state index in [0.717, 1.165) is 17.7 Å². The van der Waals surface area contributed by atoms with Gasteiger partial charge in [0.2, 0.25) is 0 Å². The van der Waals surface area contributed by atoms with Crippen LogP contribution in [0.2, 0.25) is 0 Å². The number of hydrogen-bond donors (Lipinski definition) is 0. The molecular formula is C23H28N2O2. The van der Waals surface area contributed by atoms with Crippen molar-refractivity contribution in [1.82, 2.24) is 4.90 Å².